The van der Waals surface area contributed by atoms with Crippen LogP contribution in [0.2, 0.25) is 0 Å². The molecule has 2 N–H and O–H groups in total. The molecule has 0 spiro atoms. The zero-order chi connectivity index (χ0) is 13.4. The lowest BCUT2D eigenvalue weighted by Crippen LogP contribution is -2.13. The van der Waals surface area contributed by atoms with Crippen LogP contribution in [0, 0.1) is 17.4 Å². The van der Waals surface area contributed by atoms with E-state index in [1.807, 2.05) is 16.3 Å². The third-order valence-electron chi connectivity index (χ3n) is 3.31. The third-order valence-corrected chi connectivity index (χ3v) is 4.14. The Kier molecular flexibility index (Phi) is 3.65. The number of nitrogens with zero attached hydrogens (tertiary/aromatic N) is 4. The van der Waals surface area contributed by atoms with E-state index >= 15 is 0 Å². The quantitative estimate of drug-likeness (QED) is 0.857. The molecule has 2 aromatic heterocycles. The van der Waals surface area contributed by atoms with Gasteiger partial charge in [0, 0.05) is 17.8 Å². The fourth-order valence-electron chi connectivity index (χ4n) is 2.40. The molecule has 18 heavy (non-hydrogen) atoms. The molecule has 5 nitrogen and oxygen atoms in total. The van der Waals surface area contributed by atoms with Crippen molar-refractivity contribution in [2.24, 2.45) is 0 Å². The highest BCUT2D eigenvalue weighted by atomic mass is 127. The summed E-state index contributed by atoms with van der Waals surface area (Å²) < 4.78 is 4.86. The lowest BCUT2D eigenvalue weighted by atomic mass is 10.1. The van der Waals surface area contributed by atoms with Gasteiger partial charge in [-0.15, -0.1) is 0 Å². The Bertz CT molecular complexity index is 569. The van der Waals surface area contributed by atoms with E-state index in [0.29, 0.717) is 5.82 Å². The molecule has 0 bridgehead atoms. The van der Waals surface area contributed by atoms with E-state index in [0.717, 1.165) is 15.8 Å². The van der Waals surface area contributed by atoms with Gasteiger partial charge in [0.1, 0.15) is 5.82 Å². The van der Waals surface area contributed by atoms with Gasteiger partial charge >= 0.3 is 0 Å². The molecule has 0 radical (unpaired) electrons. The van der Waals surface area contributed by atoms with Crippen LogP contribution in [0.25, 0.3) is 0 Å². The lowest BCUT2D eigenvalue weighted by molar-refractivity contribution is 0.564. The van der Waals surface area contributed by atoms with E-state index in [1.165, 1.54) is 11.3 Å². The van der Waals surface area contributed by atoms with Crippen molar-refractivity contribution in [1.29, 1.82) is 0 Å². The minimum Gasteiger partial charge on any atom is -0.383 e. The van der Waals surface area contributed by atoms with E-state index < -0.39 is 0 Å². The Balaban J connectivity index is 2.49. The van der Waals surface area contributed by atoms with E-state index in [4.69, 9.17) is 5.73 Å². The van der Waals surface area contributed by atoms with Crippen LogP contribution in [0.1, 0.15) is 36.8 Å². The molecule has 0 fully saturated rings. The van der Waals surface area contributed by atoms with Crippen molar-refractivity contribution in [3.05, 3.63) is 26.7 Å². The number of aryl methyl sites for hydroxylation is 2. The van der Waals surface area contributed by atoms with Gasteiger partial charge in [0.05, 0.1) is 21.5 Å². The zero-order valence-electron chi connectivity index (χ0n) is 11.1. The maximum atomic E-state index is 6.05. The number of rotatable bonds is 3. The van der Waals surface area contributed by atoms with Crippen LogP contribution in [0.15, 0.2) is 6.20 Å². The molecule has 0 aliphatic heterocycles. The minimum absolute atomic E-state index is 0.105. The molecule has 98 valence electrons. The Labute approximate surface area is 120 Å². The highest BCUT2D eigenvalue weighted by molar-refractivity contribution is 14.1. The summed E-state index contributed by atoms with van der Waals surface area (Å²) in [7, 11) is 0. The minimum atomic E-state index is 0.105. The Morgan fingerprint density at radius 3 is 2.56 bits per heavy atom. The molecule has 1 unspecified atom stereocenters. The van der Waals surface area contributed by atoms with Crippen molar-refractivity contribution in [3.63, 3.8) is 0 Å². The molecule has 2 rings (SSSR count). The fraction of sp³-hybridized carbons (Fsp3) is 0.500. The van der Waals surface area contributed by atoms with Crippen LogP contribution in [0.4, 0.5) is 5.82 Å². The second-order valence-electron chi connectivity index (χ2n) is 4.40. The lowest BCUT2D eigenvalue weighted by Gasteiger charge is -2.15. The smallest absolute Gasteiger partial charge is 0.135 e. The first-order chi connectivity index (χ1) is 8.47. The number of nitrogens with two attached hydrogens (primary N) is 1. The molecule has 0 saturated carbocycles. The van der Waals surface area contributed by atoms with E-state index in [2.05, 4.69) is 53.6 Å². The van der Waals surface area contributed by atoms with Crippen molar-refractivity contribution in [1.82, 2.24) is 19.6 Å². The predicted octanol–water partition coefficient (Wildman–Crippen LogP) is 2.51. The summed E-state index contributed by atoms with van der Waals surface area (Å²) in [6.45, 7) is 9.22. The molecule has 0 aliphatic carbocycles. The molecule has 2 heterocycles. The number of nitrogen functional groups attached to an aromatic ring is 1. The number of aromatic nitrogens is 4. The van der Waals surface area contributed by atoms with Crippen LogP contribution in [-0.4, -0.2) is 19.6 Å². The summed E-state index contributed by atoms with van der Waals surface area (Å²) >= 11 is 2.20. The van der Waals surface area contributed by atoms with Crippen LogP contribution in [0.3, 0.4) is 0 Å². The summed E-state index contributed by atoms with van der Waals surface area (Å²) in [4.78, 5) is 0. The van der Waals surface area contributed by atoms with Crippen LogP contribution in [0.5, 0.6) is 0 Å². The van der Waals surface area contributed by atoms with Crippen molar-refractivity contribution in [3.8, 4) is 0 Å². The first-order valence-electron chi connectivity index (χ1n) is 5.99. The number of anilines is 1. The normalized spacial score (nSPS) is 12.9. The van der Waals surface area contributed by atoms with E-state index in [-0.39, 0.29) is 6.04 Å². The summed E-state index contributed by atoms with van der Waals surface area (Å²) in [6.07, 6.45) is 1.79. The molecule has 0 saturated heterocycles. The second-order valence-corrected chi connectivity index (χ2v) is 5.56. The molecule has 1 atom stereocenters. The Morgan fingerprint density at radius 2 is 2.11 bits per heavy atom. The van der Waals surface area contributed by atoms with Gasteiger partial charge in [-0.3, -0.25) is 4.68 Å². The fourth-order valence-corrected chi connectivity index (χ4v) is 2.78. The van der Waals surface area contributed by atoms with Gasteiger partial charge in [0.15, 0.2) is 0 Å². The van der Waals surface area contributed by atoms with Gasteiger partial charge in [0.25, 0.3) is 0 Å². The van der Waals surface area contributed by atoms with Gasteiger partial charge in [-0.1, -0.05) is 0 Å². The van der Waals surface area contributed by atoms with Gasteiger partial charge in [-0.05, 0) is 50.3 Å². The average Bonchev–Trinajstić information content (AvgIpc) is 2.80. The second kappa shape index (κ2) is 4.91. The standard InChI is InChI=1S/C12H18IN5/c1-5-17-8(3)11(7(2)16-17)9(4)18-12(14)10(13)6-15-18/h6,9H,5,14H2,1-4H3. The third kappa shape index (κ3) is 2.02. The zero-order valence-corrected chi connectivity index (χ0v) is 13.3. The molecular weight excluding hydrogens is 341 g/mol. The van der Waals surface area contributed by atoms with Crippen LogP contribution in [-0.2, 0) is 6.54 Å². The van der Waals surface area contributed by atoms with Gasteiger partial charge in [-0.2, -0.15) is 10.2 Å². The number of hydrogen-bond donors (Lipinski definition) is 1. The number of hydrogen-bond acceptors (Lipinski definition) is 3. The molecule has 0 amide bonds. The van der Waals surface area contributed by atoms with Gasteiger partial charge in [-0.25, -0.2) is 4.68 Å². The first-order valence-corrected chi connectivity index (χ1v) is 7.07. The summed E-state index contributed by atoms with van der Waals surface area (Å²) in [6, 6.07) is 0.105. The van der Waals surface area contributed by atoms with Crippen molar-refractivity contribution in [2.75, 3.05) is 5.73 Å². The topological polar surface area (TPSA) is 61.7 Å². The Morgan fingerprint density at radius 1 is 1.44 bits per heavy atom. The number of halogens is 1. The van der Waals surface area contributed by atoms with Crippen LogP contribution >= 0.6 is 22.6 Å². The Hall–Kier alpha value is -1.05. The monoisotopic (exact) mass is 359 g/mol. The van der Waals surface area contributed by atoms with E-state index in [1.54, 1.807) is 6.20 Å². The van der Waals surface area contributed by atoms with Crippen molar-refractivity contribution in [2.45, 2.75) is 40.3 Å². The summed E-state index contributed by atoms with van der Waals surface area (Å²) in [5.74, 6) is 0.714. The van der Waals surface area contributed by atoms with Gasteiger partial charge in [0.2, 0.25) is 0 Å². The summed E-state index contributed by atoms with van der Waals surface area (Å²) in [5, 5.41) is 8.90. The van der Waals surface area contributed by atoms with E-state index in [9.17, 15) is 0 Å². The highest BCUT2D eigenvalue weighted by Crippen LogP contribution is 2.27. The molecule has 0 aromatic carbocycles. The molecule has 2 aromatic rings. The molecule has 6 heteroatoms. The summed E-state index contributed by atoms with van der Waals surface area (Å²) in [5.41, 5.74) is 9.49. The molecular formula is C12H18IN5. The van der Waals surface area contributed by atoms with Gasteiger partial charge < -0.3 is 5.73 Å². The SMILES string of the molecule is CCn1nc(C)c(C(C)n2ncc(I)c2N)c1C. The van der Waals surface area contributed by atoms with Crippen LogP contribution < -0.4 is 5.73 Å². The van der Waals surface area contributed by atoms with Crippen molar-refractivity contribution < 1.29 is 0 Å². The largest absolute Gasteiger partial charge is 0.383 e. The average molecular weight is 359 g/mol. The molecule has 0 aliphatic rings. The predicted molar refractivity (Wildman–Crippen MR) is 80.5 cm³/mol. The maximum Gasteiger partial charge on any atom is 0.135 e. The first kappa shape index (κ1) is 13.4. The van der Waals surface area contributed by atoms with Crippen molar-refractivity contribution >= 4 is 28.4 Å². The maximum absolute atomic E-state index is 6.05. The highest BCUT2D eigenvalue weighted by Gasteiger charge is 2.21.